The number of quaternary nitrogens is 1. The van der Waals surface area contributed by atoms with Crippen LogP contribution in [0.3, 0.4) is 0 Å². The molecule has 0 aromatic carbocycles. The summed E-state index contributed by atoms with van der Waals surface area (Å²) < 4.78 is 116. The van der Waals surface area contributed by atoms with Gasteiger partial charge >= 0.3 is 25.8 Å². The smallest absolute Gasteiger partial charge is 0.725 e. The van der Waals surface area contributed by atoms with Gasteiger partial charge in [0.1, 0.15) is 0 Å². The summed E-state index contributed by atoms with van der Waals surface area (Å²) in [4.78, 5) is 0. The molecule has 15 nitrogen and oxygen atoms in total. The van der Waals surface area contributed by atoms with Gasteiger partial charge in [-0.2, -0.15) is 7.26 Å². The van der Waals surface area contributed by atoms with Gasteiger partial charge in [-0.3, -0.25) is 0 Å². The zero-order valence-electron chi connectivity index (χ0n) is 8.93. The van der Waals surface area contributed by atoms with E-state index in [9.17, 15) is 51.9 Å². The predicted octanol–water partition coefficient (Wildman–Crippen LogP) is -3.78. The van der Waals surface area contributed by atoms with Gasteiger partial charge in [-0.25, -0.2) is 33.7 Å². The van der Waals surface area contributed by atoms with Crippen LogP contribution in [0.4, 0.5) is 0 Å². The van der Waals surface area contributed by atoms with Crippen molar-refractivity contribution in [3.8, 4) is 0 Å². The first-order chi connectivity index (χ1) is 7.41. The van der Waals surface area contributed by atoms with E-state index in [0.29, 0.717) is 0 Å². The Kier molecular flexibility index (Phi) is 13.4. The van der Waals surface area contributed by atoms with Crippen LogP contribution < -0.4 is 6.15 Å². The summed E-state index contributed by atoms with van der Waals surface area (Å²) in [5.41, 5.74) is 0. The molecule has 20 heavy (non-hydrogen) atoms. The maximum absolute atomic E-state index is 9.29. The van der Waals surface area contributed by atoms with Crippen LogP contribution in [0.25, 0.3) is 0 Å². The van der Waals surface area contributed by atoms with Crippen molar-refractivity contribution in [2.24, 2.45) is 0 Å². The molecule has 0 aromatic rings. The van der Waals surface area contributed by atoms with E-state index in [1.54, 1.807) is 0 Å². The monoisotopic (exact) mass is 415 g/mol. The zero-order valence-corrected chi connectivity index (χ0v) is 14.0. The van der Waals surface area contributed by atoms with Crippen LogP contribution in [-0.2, 0) is 74.7 Å². The van der Waals surface area contributed by atoms with Crippen molar-refractivity contribution in [2.45, 2.75) is 0 Å². The van der Waals surface area contributed by atoms with Gasteiger partial charge in [-0.05, 0) is 0 Å². The Bertz CT molecular complexity index is 537. The van der Waals surface area contributed by atoms with Crippen molar-refractivity contribution < 1.29 is 85.0 Å². The van der Waals surface area contributed by atoms with Crippen LogP contribution in [0, 0.1) is 0 Å². The zero-order chi connectivity index (χ0) is 15.4. The molecule has 4 N–H and O–H groups in total. The number of hydrogen-bond acceptors (Lipinski definition) is 14. The molecular formula is H4NO14S4Sc. The summed E-state index contributed by atoms with van der Waals surface area (Å²) in [5, 5.41) is 0. The molecule has 0 atom stereocenters. The Morgan fingerprint density at radius 2 is 0.600 bits per heavy atom. The van der Waals surface area contributed by atoms with E-state index in [1.807, 2.05) is 0 Å². The molecule has 0 unspecified atom stereocenters. The average molecular weight is 415 g/mol. The van der Waals surface area contributed by atoms with Gasteiger partial charge in [0.05, 0.1) is 0 Å². The fourth-order valence-electron chi connectivity index (χ4n) is 0.204. The van der Waals surface area contributed by atoms with Crippen LogP contribution in [0.1, 0.15) is 0 Å². The van der Waals surface area contributed by atoms with Gasteiger partial charge in [-0.15, -0.1) is 0 Å². The molecular weight excluding hydrogens is 411 g/mol. The second-order valence-electron chi connectivity index (χ2n) is 1.77. The van der Waals surface area contributed by atoms with Gasteiger partial charge in [0.2, 0.25) is 41.6 Å². The molecule has 0 fully saturated rings. The summed E-state index contributed by atoms with van der Waals surface area (Å²) in [5.74, 6) is 0. The fourth-order valence-corrected chi connectivity index (χ4v) is 1.84. The first-order valence-corrected chi connectivity index (χ1v) is 8.00. The first-order valence-electron chi connectivity index (χ1n) is 2.67. The fraction of sp³-hybridized carbons (Fsp3) is 0. The Morgan fingerprint density at radius 3 is 0.600 bits per heavy atom. The summed E-state index contributed by atoms with van der Waals surface area (Å²) >= 11 is 0. The van der Waals surface area contributed by atoms with E-state index < -0.39 is 41.6 Å². The molecule has 0 rings (SSSR count). The van der Waals surface area contributed by atoms with Gasteiger partial charge in [0, 0.05) is 0 Å². The molecule has 0 spiro atoms. The number of hydrogen-bond donors (Lipinski definition) is 1. The molecule has 0 bridgehead atoms. The Labute approximate surface area is 132 Å². The van der Waals surface area contributed by atoms with Crippen LogP contribution in [0.2, 0.25) is 0 Å². The molecule has 0 aliphatic carbocycles. The molecule has 0 saturated carbocycles. The van der Waals surface area contributed by atoms with Gasteiger partial charge in [0.25, 0.3) is 0 Å². The van der Waals surface area contributed by atoms with Crippen LogP contribution in [0.15, 0.2) is 0 Å². The number of rotatable bonds is 4. The van der Waals surface area contributed by atoms with E-state index in [-0.39, 0.29) is 32.0 Å². The maximum Gasteiger partial charge on any atom is 3.00 e. The SMILES string of the molecule is O=S(=O)([O-])OS(=O)(=O)[O-].O=S(=O)([O-])OS(=O)(=O)[O-].[NH4+].[Sc+3]. The van der Waals surface area contributed by atoms with E-state index >= 15 is 0 Å². The molecule has 0 aliphatic rings. The minimum absolute atomic E-state index is 0. The van der Waals surface area contributed by atoms with Gasteiger partial charge < -0.3 is 24.4 Å². The summed E-state index contributed by atoms with van der Waals surface area (Å²) in [6.07, 6.45) is 0. The molecule has 0 radical (unpaired) electrons. The third-order valence-corrected chi connectivity index (χ3v) is 3.00. The van der Waals surface area contributed by atoms with E-state index in [2.05, 4.69) is 7.26 Å². The van der Waals surface area contributed by atoms with Gasteiger partial charge in [0.15, 0.2) is 0 Å². The largest absolute Gasteiger partial charge is 3.00 e. The topological polar surface area (TPSA) is 284 Å². The third kappa shape index (κ3) is 36.2. The van der Waals surface area contributed by atoms with Crippen LogP contribution in [0.5, 0.6) is 0 Å². The normalized spacial score (nSPS) is 12.2. The minimum atomic E-state index is -5.43. The van der Waals surface area contributed by atoms with Crippen molar-refractivity contribution >= 4 is 41.6 Å². The molecule has 0 aliphatic heterocycles. The van der Waals surface area contributed by atoms with Crippen molar-refractivity contribution in [3.63, 3.8) is 0 Å². The Balaban J connectivity index is -0.000000116. The molecule has 0 saturated heterocycles. The molecule has 0 aromatic heterocycles. The van der Waals surface area contributed by atoms with Crippen molar-refractivity contribution in [1.82, 2.24) is 6.15 Å². The molecule has 120 valence electrons. The second kappa shape index (κ2) is 9.42. The molecule has 20 heteroatoms. The molecule has 0 heterocycles. The minimum Gasteiger partial charge on any atom is -0.725 e. The van der Waals surface area contributed by atoms with Crippen molar-refractivity contribution in [1.29, 1.82) is 0 Å². The standard InChI is InChI=1S/H3N.2H2O7S2.Sc/c;2*1-8(2,3)7-9(4,5)6;/h1H3;2*(H,1,2,3)(H,4,5,6);/q;;;+3/p-3. The maximum atomic E-state index is 9.29. The molecule has 0 amide bonds. The quantitative estimate of drug-likeness (QED) is 0.340. The van der Waals surface area contributed by atoms with E-state index in [0.717, 1.165) is 0 Å². The summed E-state index contributed by atoms with van der Waals surface area (Å²) in [7, 11) is -21.7. The van der Waals surface area contributed by atoms with Crippen LogP contribution >= 0.6 is 0 Å². The second-order valence-corrected chi connectivity index (χ2v) is 6.12. The first kappa shape index (κ1) is 28.5. The van der Waals surface area contributed by atoms with E-state index in [1.165, 1.54) is 0 Å². The van der Waals surface area contributed by atoms with Crippen molar-refractivity contribution in [3.05, 3.63) is 0 Å². The van der Waals surface area contributed by atoms with Crippen molar-refractivity contribution in [2.75, 3.05) is 0 Å². The summed E-state index contributed by atoms with van der Waals surface area (Å²) in [6, 6.07) is 0. The van der Waals surface area contributed by atoms with Crippen LogP contribution in [-0.4, -0.2) is 51.9 Å². The Hall–Kier alpha value is 0.390. The average Bonchev–Trinajstić information content (AvgIpc) is 1.64. The summed E-state index contributed by atoms with van der Waals surface area (Å²) in [6.45, 7) is 0. The van der Waals surface area contributed by atoms with E-state index in [4.69, 9.17) is 0 Å². The predicted molar refractivity (Wildman–Crippen MR) is 46.9 cm³/mol. The third-order valence-electron chi connectivity index (χ3n) is 0.333. The van der Waals surface area contributed by atoms with Gasteiger partial charge in [-0.1, -0.05) is 0 Å². The Morgan fingerprint density at radius 1 is 0.500 bits per heavy atom.